The molecule has 0 heterocycles. The van der Waals surface area contributed by atoms with Gasteiger partial charge in [-0.1, -0.05) is 57.6 Å². The van der Waals surface area contributed by atoms with E-state index in [9.17, 15) is 5.11 Å². The van der Waals surface area contributed by atoms with Crippen molar-refractivity contribution in [2.45, 2.75) is 102 Å². The molecule has 1 aliphatic carbocycles. The van der Waals surface area contributed by atoms with Gasteiger partial charge < -0.3 is 28.8 Å². The number of methoxy groups -OCH3 is 3. The van der Waals surface area contributed by atoms with Gasteiger partial charge in [-0.05, 0) is 74.5 Å². The average molecular weight is 545 g/mol. The van der Waals surface area contributed by atoms with E-state index >= 15 is 0 Å². The Hall–Kier alpha value is -2.28. The summed E-state index contributed by atoms with van der Waals surface area (Å²) >= 11 is 0. The second-order valence-electron chi connectivity index (χ2n) is 10.9. The third-order valence-corrected chi connectivity index (χ3v) is 7.72. The van der Waals surface area contributed by atoms with E-state index in [0.29, 0.717) is 18.1 Å². The molecule has 3 unspecified atom stereocenters. The van der Waals surface area contributed by atoms with Crippen LogP contribution in [-0.4, -0.2) is 51.4 Å². The number of hydrogen-bond donors (Lipinski definition) is 1. The molecule has 0 radical (unpaired) electrons. The molecule has 1 aromatic rings. The van der Waals surface area contributed by atoms with Gasteiger partial charge in [0, 0.05) is 20.8 Å². The van der Waals surface area contributed by atoms with Gasteiger partial charge in [0.25, 0.3) is 0 Å². The highest BCUT2D eigenvalue weighted by Crippen LogP contribution is 2.44. The zero-order valence-corrected chi connectivity index (χ0v) is 25.0. The van der Waals surface area contributed by atoms with E-state index in [1.54, 1.807) is 26.4 Å². The SMILES string of the molecule is C=CCCC1(C)CC(OC)C(OC(=C)C(OCCCCCC/C=C\CC)c2ccc(O)c(OC)c2)C(OC)C1. The van der Waals surface area contributed by atoms with Crippen molar-refractivity contribution in [2.24, 2.45) is 5.41 Å². The Morgan fingerprint density at radius 1 is 1.05 bits per heavy atom. The first kappa shape index (κ1) is 32.9. The van der Waals surface area contributed by atoms with E-state index in [1.807, 2.05) is 12.1 Å². The molecule has 1 saturated carbocycles. The second-order valence-corrected chi connectivity index (χ2v) is 10.9. The highest BCUT2D eigenvalue weighted by molar-refractivity contribution is 5.43. The molecule has 0 amide bonds. The fourth-order valence-electron chi connectivity index (χ4n) is 5.44. The molecule has 6 nitrogen and oxygen atoms in total. The lowest BCUT2D eigenvalue weighted by Gasteiger charge is -2.46. The molecule has 220 valence electrons. The van der Waals surface area contributed by atoms with Crippen LogP contribution in [0.2, 0.25) is 0 Å². The van der Waals surface area contributed by atoms with E-state index in [0.717, 1.165) is 56.9 Å². The quantitative estimate of drug-likeness (QED) is 0.108. The highest BCUT2D eigenvalue weighted by atomic mass is 16.6. The first-order chi connectivity index (χ1) is 18.8. The molecule has 2 rings (SSSR count). The normalized spacial score (nSPS) is 24.0. The minimum Gasteiger partial charge on any atom is -0.504 e. The van der Waals surface area contributed by atoms with Gasteiger partial charge in [-0.2, -0.15) is 0 Å². The molecule has 3 atom stereocenters. The zero-order valence-electron chi connectivity index (χ0n) is 25.0. The van der Waals surface area contributed by atoms with Crippen LogP contribution < -0.4 is 4.74 Å². The second kappa shape index (κ2) is 17.4. The number of unbranched alkanes of at least 4 members (excludes halogenated alkanes) is 4. The molecule has 0 spiro atoms. The molecule has 0 bridgehead atoms. The molecule has 0 aromatic heterocycles. The standard InChI is InChI=1S/C33H52O6/c1-8-10-12-13-14-15-16-17-21-38-31(26-18-19-27(34)28(22-26)35-5)25(3)39-32-29(36-6)23-33(4,20-11-9-2)24-30(32)37-7/h9-10,12,18-19,22,29-32,34H,2-3,8,11,13-17,20-21,23-24H2,1,4-7H3/b12-10-. The molecule has 0 aliphatic heterocycles. The lowest BCUT2D eigenvalue weighted by molar-refractivity contribution is -0.161. The molecule has 39 heavy (non-hydrogen) atoms. The van der Waals surface area contributed by atoms with Gasteiger partial charge in [0.15, 0.2) is 17.6 Å². The molecule has 1 aliphatic rings. The monoisotopic (exact) mass is 544 g/mol. The van der Waals surface area contributed by atoms with Gasteiger partial charge in [-0.3, -0.25) is 0 Å². The predicted molar refractivity (Wildman–Crippen MR) is 158 cm³/mol. The predicted octanol–water partition coefficient (Wildman–Crippen LogP) is 8.07. The van der Waals surface area contributed by atoms with Crippen molar-refractivity contribution in [1.82, 2.24) is 0 Å². The van der Waals surface area contributed by atoms with Crippen molar-refractivity contribution < 1.29 is 28.8 Å². The smallest absolute Gasteiger partial charge is 0.160 e. The van der Waals surface area contributed by atoms with Crippen LogP contribution in [0.4, 0.5) is 0 Å². The van der Waals surface area contributed by atoms with Crippen LogP contribution in [0, 0.1) is 5.41 Å². The maximum absolute atomic E-state index is 10.1. The van der Waals surface area contributed by atoms with E-state index < -0.39 is 6.10 Å². The number of benzene rings is 1. The summed E-state index contributed by atoms with van der Waals surface area (Å²) < 4.78 is 30.2. The van der Waals surface area contributed by atoms with Gasteiger partial charge in [-0.15, -0.1) is 6.58 Å². The number of rotatable bonds is 19. The Morgan fingerprint density at radius 2 is 1.74 bits per heavy atom. The van der Waals surface area contributed by atoms with Crippen molar-refractivity contribution in [3.8, 4) is 11.5 Å². The number of aromatic hydroxyl groups is 1. The van der Waals surface area contributed by atoms with Crippen LogP contribution in [0.5, 0.6) is 11.5 Å². The van der Waals surface area contributed by atoms with E-state index in [1.165, 1.54) is 20.0 Å². The summed E-state index contributed by atoms with van der Waals surface area (Å²) in [4.78, 5) is 0. The number of hydrogen-bond acceptors (Lipinski definition) is 6. The molecule has 1 fully saturated rings. The number of phenolic OH excluding ortho intramolecular Hbond substituents is 1. The Bertz CT molecular complexity index is 880. The fourth-order valence-corrected chi connectivity index (χ4v) is 5.44. The maximum Gasteiger partial charge on any atom is 0.160 e. The third kappa shape index (κ3) is 10.3. The lowest BCUT2D eigenvalue weighted by Crippen LogP contribution is -2.51. The summed E-state index contributed by atoms with van der Waals surface area (Å²) in [6.45, 7) is 13.2. The van der Waals surface area contributed by atoms with Crippen molar-refractivity contribution >= 4 is 0 Å². The van der Waals surface area contributed by atoms with E-state index in [2.05, 4.69) is 39.2 Å². The molecule has 1 aromatic carbocycles. The van der Waals surface area contributed by atoms with Crippen LogP contribution in [-0.2, 0) is 18.9 Å². The van der Waals surface area contributed by atoms with Crippen molar-refractivity contribution in [2.75, 3.05) is 27.9 Å². The van der Waals surface area contributed by atoms with Crippen LogP contribution in [0.25, 0.3) is 0 Å². The van der Waals surface area contributed by atoms with Crippen molar-refractivity contribution in [3.63, 3.8) is 0 Å². The maximum atomic E-state index is 10.1. The lowest BCUT2D eigenvalue weighted by atomic mass is 9.69. The zero-order chi connectivity index (χ0) is 28.7. The summed E-state index contributed by atoms with van der Waals surface area (Å²) in [6, 6.07) is 5.22. The summed E-state index contributed by atoms with van der Waals surface area (Å²) in [6.07, 6.45) is 15.7. The summed E-state index contributed by atoms with van der Waals surface area (Å²) in [7, 11) is 4.99. The van der Waals surface area contributed by atoms with Crippen molar-refractivity contribution in [3.05, 3.63) is 60.9 Å². The summed E-state index contributed by atoms with van der Waals surface area (Å²) in [5.41, 5.74) is 0.887. The topological polar surface area (TPSA) is 66.4 Å². The van der Waals surface area contributed by atoms with Crippen LogP contribution in [0.3, 0.4) is 0 Å². The van der Waals surface area contributed by atoms with Gasteiger partial charge in [-0.25, -0.2) is 0 Å². The summed E-state index contributed by atoms with van der Waals surface area (Å²) in [5.74, 6) is 0.957. The fraction of sp³-hybridized carbons (Fsp3) is 0.636. The first-order valence-electron chi connectivity index (χ1n) is 14.5. The minimum absolute atomic E-state index is 0.0727. The highest BCUT2D eigenvalue weighted by Gasteiger charge is 2.46. The van der Waals surface area contributed by atoms with E-state index in [-0.39, 0.29) is 29.5 Å². The first-order valence-corrected chi connectivity index (χ1v) is 14.5. The van der Waals surface area contributed by atoms with Gasteiger partial charge in [0.2, 0.25) is 0 Å². The Balaban J connectivity index is 2.13. The van der Waals surface area contributed by atoms with Crippen LogP contribution in [0.15, 0.2) is 55.3 Å². The Morgan fingerprint density at radius 3 is 2.36 bits per heavy atom. The van der Waals surface area contributed by atoms with Crippen LogP contribution in [0.1, 0.15) is 89.7 Å². The van der Waals surface area contributed by atoms with Gasteiger partial charge >= 0.3 is 0 Å². The molecular weight excluding hydrogens is 492 g/mol. The Labute approximate surface area is 237 Å². The molecule has 1 N–H and O–H groups in total. The van der Waals surface area contributed by atoms with E-state index in [4.69, 9.17) is 23.7 Å². The largest absolute Gasteiger partial charge is 0.504 e. The minimum atomic E-state index is -0.518. The van der Waals surface area contributed by atoms with Gasteiger partial charge in [0.1, 0.15) is 11.9 Å². The molecular formula is C33H52O6. The number of ether oxygens (including phenoxy) is 5. The van der Waals surface area contributed by atoms with Gasteiger partial charge in [0.05, 0.1) is 19.3 Å². The molecule has 6 heteroatoms. The third-order valence-electron chi connectivity index (χ3n) is 7.72. The molecule has 0 saturated heterocycles. The summed E-state index contributed by atoms with van der Waals surface area (Å²) in [5, 5.41) is 10.1. The number of phenols is 1. The number of allylic oxidation sites excluding steroid dienone is 3. The Kier molecular flexibility index (Phi) is 14.7. The average Bonchev–Trinajstić information content (AvgIpc) is 2.94. The van der Waals surface area contributed by atoms with Crippen LogP contribution >= 0.6 is 0 Å². The van der Waals surface area contributed by atoms with Crippen molar-refractivity contribution in [1.29, 1.82) is 0 Å².